The summed E-state index contributed by atoms with van der Waals surface area (Å²) in [7, 11) is 0. The van der Waals surface area contributed by atoms with E-state index in [1.165, 1.54) is 0 Å². The van der Waals surface area contributed by atoms with Crippen LogP contribution in [-0.4, -0.2) is 18.7 Å². The van der Waals surface area contributed by atoms with Gasteiger partial charge in [-0.3, -0.25) is 0 Å². The average molecular weight is 356 g/mol. The molecule has 2 aliphatic heterocycles. The highest BCUT2D eigenvalue weighted by molar-refractivity contribution is 5.91. The van der Waals surface area contributed by atoms with Crippen molar-refractivity contribution in [2.75, 3.05) is 6.61 Å². The van der Waals surface area contributed by atoms with Gasteiger partial charge in [-0.1, -0.05) is 24.3 Å². The monoisotopic (exact) mass is 356 g/mol. The summed E-state index contributed by atoms with van der Waals surface area (Å²) in [6, 6.07) is 2.03. The van der Waals surface area contributed by atoms with Crippen LogP contribution in [0.25, 0.3) is 0 Å². The van der Waals surface area contributed by atoms with E-state index in [0.717, 1.165) is 40.2 Å². The van der Waals surface area contributed by atoms with Gasteiger partial charge in [-0.15, -0.1) is 0 Å². The van der Waals surface area contributed by atoms with Gasteiger partial charge in [-0.05, 0) is 58.2 Å². The Kier molecular flexibility index (Phi) is 5.24. The normalized spacial score (nSPS) is 28.2. The molecular weight excluding hydrogens is 328 g/mol. The van der Waals surface area contributed by atoms with E-state index >= 15 is 0 Å². The van der Waals surface area contributed by atoms with Crippen molar-refractivity contribution >= 4 is 5.97 Å². The first-order chi connectivity index (χ1) is 12.3. The van der Waals surface area contributed by atoms with Crippen LogP contribution in [0.15, 0.2) is 46.4 Å². The maximum atomic E-state index is 12.3. The van der Waals surface area contributed by atoms with Gasteiger partial charge in [0.2, 0.25) is 0 Å². The predicted octanol–water partition coefficient (Wildman–Crippen LogP) is 5.16. The van der Waals surface area contributed by atoms with E-state index in [-0.39, 0.29) is 30.0 Å². The average Bonchev–Trinajstić information content (AvgIpc) is 3.08. The van der Waals surface area contributed by atoms with Crippen molar-refractivity contribution in [2.45, 2.75) is 58.7 Å². The lowest BCUT2D eigenvalue weighted by molar-refractivity contribution is -0.140. The molecule has 0 spiro atoms. The van der Waals surface area contributed by atoms with Crippen LogP contribution in [-0.2, 0) is 14.3 Å². The van der Waals surface area contributed by atoms with E-state index < -0.39 is 0 Å². The fraction of sp³-hybridized carbons (Fsp3) is 0.500. The maximum Gasteiger partial charge on any atom is 0.334 e. The van der Waals surface area contributed by atoms with E-state index in [0.29, 0.717) is 13.0 Å². The van der Waals surface area contributed by atoms with Gasteiger partial charge in [-0.2, -0.15) is 0 Å². The Bertz CT molecular complexity index is 767. The van der Waals surface area contributed by atoms with E-state index in [1.54, 1.807) is 0 Å². The number of rotatable bonds is 4. The Hall–Kier alpha value is -2.07. The van der Waals surface area contributed by atoms with Crippen molar-refractivity contribution in [3.05, 3.63) is 59.1 Å². The summed E-state index contributed by atoms with van der Waals surface area (Å²) in [4.78, 5) is 12.3. The molecule has 4 bridgehead atoms. The van der Waals surface area contributed by atoms with Crippen molar-refractivity contribution in [1.29, 1.82) is 0 Å². The van der Waals surface area contributed by atoms with Gasteiger partial charge in [0, 0.05) is 18.1 Å². The molecule has 4 atom stereocenters. The Morgan fingerprint density at radius 1 is 1.31 bits per heavy atom. The summed E-state index contributed by atoms with van der Waals surface area (Å²) >= 11 is 0. The van der Waals surface area contributed by atoms with Crippen molar-refractivity contribution in [2.24, 2.45) is 5.92 Å². The largest absolute Gasteiger partial charge is 0.462 e. The predicted molar refractivity (Wildman–Crippen MR) is 101 cm³/mol. The summed E-state index contributed by atoms with van der Waals surface area (Å²) in [5.41, 5.74) is 3.71. The third-order valence-corrected chi connectivity index (χ3v) is 5.34. The molecule has 1 aromatic rings. The fourth-order valence-corrected chi connectivity index (χ4v) is 4.01. The third kappa shape index (κ3) is 3.30. The van der Waals surface area contributed by atoms with Crippen molar-refractivity contribution in [3.8, 4) is 0 Å². The molecule has 0 N–H and O–H groups in total. The zero-order valence-electron chi connectivity index (χ0n) is 16.1. The standard InChI is InChI=1S/C22H28O4/c1-7-24-21-16(12(2)3)9-8-15-11-18(26-22(15)23)19(13(4)5)17-10-14(6)20(21)25-17/h10-11,16,18-19,21H,2,4,7-9H2,1,3,5-6H3. The second-order valence-corrected chi connectivity index (χ2v) is 7.45. The van der Waals surface area contributed by atoms with Crippen LogP contribution in [0.1, 0.15) is 62.7 Å². The van der Waals surface area contributed by atoms with Crippen LogP contribution >= 0.6 is 0 Å². The molecule has 2 aliphatic rings. The molecule has 140 valence electrons. The summed E-state index contributed by atoms with van der Waals surface area (Å²) in [5, 5.41) is 0. The van der Waals surface area contributed by atoms with Crippen LogP contribution in [0.2, 0.25) is 0 Å². The van der Waals surface area contributed by atoms with Crippen molar-refractivity contribution < 1.29 is 18.7 Å². The van der Waals surface area contributed by atoms with Crippen LogP contribution in [0, 0.1) is 12.8 Å². The number of esters is 1. The highest BCUT2D eigenvalue weighted by Crippen LogP contribution is 2.43. The summed E-state index contributed by atoms with van der Waals surface area (Å²) < 4.78 is 18.0. The molecule has 4 unspecified atom stereocenters. The zero-order valence-corrected chi connectivity index (χ0v) is 16.1. The minimum absolute atomic E-state index is 0.0711. The second kappa shape index (κ2) is 7.28. The van der Waals surface area contributed by atoms with Gasteiger partial charge in [-0.25, -0.2) is 4.79 Å². The lowest BCUT2D eigenvalue weighted by Gasteiger charge is -2.27. The number of carbonyl (C=O) groups is 1. The Balaban J connectivity index is 2.15. The molecule has 0 amide bonds. The molecule has 3 rings (SSSR count). The van der Waals surface area contributed by atoms with Crippen LogP contribution in [0.5, 0.6) is 0 Å². The molecular formula is C22H28O4. The molecule has 0 aromatic carbocycles. The molecule has 0 saturated carbocycles. The summed E-state index contributed by atoms with van der Waals surface area (Å²) in [5.74, 6) is 1.26. The number of ether oxygens (including phenoxy) is 2. The first-order valence-corrected chi connectivity index (χ1v) is 9.27. The minimum atomic E-state index is -0.361. The molecule has 0 radical (unpaired) electrons. The first-order valence-electron chi connectivity index (χ1n) is 9.27. The number of carbonyl (C=O) groups excluding carboxylic acids is 1. The number of hydrogen-bond acceptors (Lipinski definition) is 4. The highest BCUT2D eigenvalue weighted by Gasteiger charge is 2.38. The Labute approximate surface area is 155 Å². The topological polar surface area (TPSA) is 48.7 Å². The van der Waals surface area contributed by atoms with E-state index in [2.05, 4.69) is 13.2 Å². The Morgan fingerprint density at radius 2 is 2.04 bits per heavy atom. The smallest absolute Gasteiger partial charge is 0.334 e. The minimum Gasteiger partial charge on any atom is -0.462 e. The van der Waals surface area contributed by atoms with Crippen LogP contribution < -0.4 is 0 Å². The quantitative estimate of drug-likeness (QED) is 0.552. The summed E-state index contributed by atoms with van der Waals surface area (Å²) in [6.45, 7) is 16.8. The lowest BCUT2D eigenvalue weighted by atomic mass is 9.86. The van der Waals surface area contributed by atoms with E-state index in [1.807, 2.05) is 39.8 Å². The first kappa shape index (κ1) is 18.7. The van der Waals surface area contributed by atoms with Crippen molar-refractivity contribution in [1.82, 2.24) is 0 Å². The van der Waals surface area contributed by atoms with Gasteiger partial charge >= 0.3 is 5.97 Å². The molecule has 26 heavy (non-hydrogen) atoms. The molecule has 0 saturated heterocycles. The number of aryl methyl sites for hydroxylation is 1. The zero-order chi connectivity index (χ0) is 19.0. The maximum absolute atomic E-state index is 12.3. The number of fused-ring (bicyclic) bond motifs is 3. The van der Waals surface area contributed by atoms with Gasteiger partial charge < -0.3 is 13.9 Å². The number of hydrogen-bond donors (Lipinski definition) is 0. The third-order valence-electron chi connectivity index (χ3n) is 5.34. The van der Waals surface area contributed by atoms with Crippen LogP contribution in [0.3, 0.4) is 0 Å². The second-order valence-electron chi connectivity index (χ2n) is 7.45. The molecule has 0 aliphatic carbocycles. The molecule has 4 heteroatoms. The van der Waals surface area contributed by atoms with Gasteiger partial charge in [0.05, 0.1) is 5.92 Å². The fourth-order valence-electron chi connectivity index (χ4n) is 4.01. The van der Waals surface area contributed by atoms with E-state index in [9.17, 15) is 4.79 Å². The molecule has 1 aromatic heterocycles. The Morgan fingerprint density at radius 3 is 2.65 bits per heavy atom. The van der Waals surface area contributed by atoms with Gasteiger partial charge in [0.15, 0.2) is 0 Å². The lowest BCUT2D eigenvalue weighted by Crippen LogP contribution is -2.20. The van der Waals surface area contributed by atoms with Gasteiger partial charge in [0.25, 0.3) is 0 Å². The van der Waals surface area contributed by atoms with Crippen LogP contribution in [0.4, 0.5) is 0 Å². The molecule has 3 heterocycles. The van der Waals surface area contributed by atoms with Crippen molar-refractivity contribution in [3.63, 3.8) is 0 Å². The van der Waals surface area contributed by atoms with Gasteiger partial charge in [0.1, 0.15) is 23.7 Å². The molecule has 0 fully saturated rings. The SMILES string of the molecule is C=C(C)C1CCC2=CC(OC2=O)C(C(=C)C)c2cc(C)c(o2)C1OCC. The summed E-state index contributed by atoms with van der Waals surface area (Å²) in [6.07, 6.45) is 2.78. The highest BCUT2D eigenvalue weighted by atomic mass is 16.5. The van der Waals surface area contributed by atoms with E-state index in [4.69, 9.17) is 13.9 Å². The molecule has 4 nitrogen and oxygen atoms in total. The number of furan rings is 1.